The lowest BCUT2D eigenvalue weighted by Gasteiger charge is -2.39. The Bertz CT molecular complexity index is 2500. The van der Waals surface area contributed by atoms with Gasteiger partial charge in [0.1, 0.15) is 0 Å². The Kier molecular flexibility index (Phi) is 6.06. The van der Waals surface area contributed by atoms with Gasteiger partial charge in [-0.05, 0) is 68.4 Å². The minimum Gasteiger partial charge on any atom is -0.228 e. The molecule has 0 saturated carbocycles. The summed E-state index contributed by atoms with van der Waals surface area (Å²) in [5.74, 6) is 0.722. The maximum atomic E-state index is 5.26. The summed E-state index contributed by atoms with van der Waals surface area (Å²) in [5, 5.41) is 2.38. The highest BCUT2D eigenvalue weighted by Crippen LogP contribution is 2.62. The highest BCUT2D eigenvalue weighted by molar-refractivity contribution is 7.99. The fourth-order valence-electron chi connectivity index (χ4n) is 7.91. The average molecular weight is 629 g/mol. The van der Waals surface area contributed by atoms with Gasteiger partial charge in [-0.15, -0.1) is 0 Å². The van der Waals surface area contributed by atoms with Crippen molar-refractivity contribution in [3.8, 4) is 45.0 Å². The van der Waals surface area contributed by atoms with E-state index in [9.17, 15) is 0 Å². The predicted molar refractivity (Wildman–Crippen MR) is 197 cm³/mol. The summed E-state index contributed by atoms with van der Waals surface area (Å²) in [5.41, 5.74) is 12.5. The van der Waals surface area contributed by atoms with Gasteiger partial charge in [0.15, 0.2) is 5.82 Å². The average Bonchev–Trinajstić information content (AvgIpc) is 3.45. The van der Waals surface area contributed by atoms with E-state index in [1.807, 2.05) is 17.8 Å². The quantitative estimate of drug-likeness (QED) is 0.195. The smallest absolute Gasteiger partial charge is 0.160 e. The summed E-state index contributed by atoms with van der Waals surface area (Å²) in [6, 6.07) is 61.3. The Balaban J connectivity index is 1.25. The van der Waals surface area contributed by atoms with E-state index in [2.05, 4.69) is 164 Å². The van der Waals surface area contributed by atoms with Crippen molar-refractivity contribution in [2.24, 2.45) is 0 Å². The number of benzene rings is 7. The van der Waals surface area contributed by atoms with E-state index in [-0.39, 0.29) is 0 Å². The lowest BCUT2D eigenvalue weighted by molar-refractivity contribution is 0.722. The van der Waals surface area contributed by atoms with Crippen molar-refractivity contribution in [1.29, 1.82) is 0 Å². The fourth-order valence-corrected chi connectivity index (χ4v) is 9.09. The molecule has 7 aromatic carbocycles. The van der Waals surface area contributed by atoms with Gasteiger partial charge < -0.3 is 0 Å². The van der Waals surface area contributed by atoms with E-state index < -0.39 is 5.41 Å². The summed E-state index contributed by atoms with van der Waals surface area (Å²) < 4.78 is 0. The molecule has 10 rings (SSSR count). The van der Waals surface area contributed by atoms with Gasteiger partial charge in [0.05, 0.1) is 16.8 Å². The second kappa shape index (κ2) is 10.6. The molecular formula is C45H28N2S. The summed E-state index contributed by atoms with van der Waals surface area (Å²) in [6.07, 6.45) is 0. The van der Waals surface area contributed by atoms with Crippen LogP contribution in [0.5, 0.6) is 0 Å². The van der Waals surface area contributed by atoms with Gasteiger partial charge in [-0.3, -0.25) is 0 Å². The van der Waals surface area contributed by atoms with Crippen molar-refractivity contribution in [1.82, 2.24) is 9.97 Å². The summed E-state index contributed by atoms with van der Waals surface area (Å²) >= 11 is 1.87. The van der Waals surface area contributed by atoms with Crippen LogP contribution in [0.1, 0.15) is 22.3 Å². The molecule has 2 nitrogen and oxygen atoms in total. The molecule has 0 N–H and O–H groups in total. The minimum atomic E-state index is -0.436. The predicted octanol–water partition coefficient (Wildman–Crippen LogP) is 11.5. The molecule has 8 aromatic rings. The van der Waals surface area contributed by atoms with Gasteiger partial charge in [0.2, 0.25) is 0 Å². The van der Waals surface area contributed by atoms with Crippen LogP contribution in [0, 0.1) is 0 Å². The van der Waals surface area contributed by atoms with Crippen LogP contribution in [0.15, 0.2) is 180 Å². The first-order valence-electron chi connectivity index (χ1n) is 16.3. The molecule has 1 aliphatic carbocycles. The summed E-state index contributed by atoms with van der Waals surface area (Å²) in [4.78, 5) is 13.0. The zero-order chi connectivity index (χ0) is 31.7. The molecule has 0 atom stereocenters. The molecule has 2 heterocycles. The first-order chi connectivity index (χ1) is 23.8. The Morgan fingerprint density at radius 2 is 1.00 bits per heavy atom. The molecule has 224 valence electrons. The maximum Gasteiger partial charge on any atom is 0.160 e. The van der Waals surface area contributed by atoms with Crippen LogP contribution in [0.25, 0.3) is 55.8 Å². The largest absolute Gasteiger partial charge is 0.228 e. The van der Waals surface area contributed by atoms with Crippen LogP contribution in [0.3, 0.4) is 0 Å². The molecule has 0 radical (unpaired) electrons. The zero-order valence-corrected chi connectivity index (χ0v) is 26.8. The molecule has 0 amide bonds. The van der Waals surface area contributed by atoms with E-state index in [1.165, 1.54) is 53.9 Å². The van der Waals surface area contributed by atoms with Gasteiger partial charge in [-0.2, -0.15) is 0 Å². The molecule has 3 heteroatoms. The first-order valence-corrected chi connectivity index (χ1v) is 17.1. The van der Waals surface area contributed by atoms with Crippen molar-refractivity contribution < 1.29 is 0 Å². The standard InChI is InChI=1S/C45H28N2S/c1-2-14-30(15-3-1)44-46-40(28-41(47-44)35-20-12-16-29-13-4-5-17-32(29)35)31-25-26-43-39(27-31)45(38-23-10-11-24-42(38)48-43)36-21-8-6-18-33(36)34-19-7-9-22-37(34)45/h1-28H. The number of hydrogen-bond acceptors (Lipinski definition) is 3. The second-order valence-electron chi connectivity index (χ2n) is 12.5. The Hall–Kier alpha value is -5.77. The fraction of sp³-hybridized carbons (Fsp3) is 0.0222. The third-order valence-electron chi connectivity index (χ3n) is 9.97. The van der Waals surface area contributed by atoms with E-state index in [0.29, 0.717) is 0 Å². The Morgan fingerprint density at radius 1 is 0.396 bits per heavy atom. The summed E-state index contributed by atoms with van der Waals surface area (Å²) in [7, 11) is 0. The van der Waals surface area contributed by atoms with E-state index >= 15 is 0 Å². The third-order valence-corrected chi connectivity index (χ3v) is 11.1. The molecule has 0 unspecified atom stereocenters. The molecule has 0 fully saturated rings. The zero-order valence-electron chi connectivity index (χ0n) is 26.0. The molecular weight excluding hydrogens is 601 g/mol. The van der Waals surface area contributed by atoms with Gasteiger partial charge in [-0.25, -0.2) is 9.97 Å². The Labute approximate surface area is 283 Å². The van der Waals surface area contributed by atoms with E-state index in [0.717, 1.165) is 33.9 Å². The molecule has 1 aliphatic heterocycles. The van der Waals surface area contributed by atoms with Crippen LogP contribution < -0.4 is 0 Å². The van der Waals surface area contributed by atoms with Crippen LogP contribution >= 0.6 is 11.8 Å². The topological polar surface area (TPSA) is 25.8 Å². The monoisotopic (exact) mass is 628 g/mol. The molecule has 0 bridgehead atoms. The number of nitrogens with zero attached hydrogens (tertiary/aromatic N) is 2. The van der Waals surface area contributed by atoms with Crippen LogP contribution in [0.4, 0.5) is 0 Å². The highest BCUT2D eigenvalue weighted by Gasteiger charge is 2.50. The van der Waals surface area contributed by atoms with Crippen molar-refractivity contribution in [2.75, 3.05) is 0 Å². The number of rotatable bonds is 3. The number of hydrogen-bond donors (Lipinski definition) is 0. The molecule has 1 spiro atoms. The van der Waals surface area contributed by atoms with Crippen molar-refractivity contribution in [2.45, 2.75) is 15.2 Å². The minimum absolute atomic E-state index is 0.436. The van der Waals surface area contributed by atoms with Crippen molar-refractivity contribution in [3.63, 3.8) is 0 Å². The van der Waals surface area contributed by atoms with Crippen LogP contribution in [0.2, 0.25) is 0 Å². The van der Waals surface area contributed by atoms with Gasteiger partial charge in [0.25, 0.3) is 0 Å². The first kappa shape index (κ1) is 27.4. The van der Waals surface area contributed by atoms with Crippen LogP contribution in [-0.4, -0.2) is 9.97 Å². The van der Waals surface area contributed by atoms with Crippen molar-refractivity contribution >= 4 is 22.5 Å². The number of aromatic nitrogens is 2. The lowest BCUT2D eigenvalue weighted by atomic mass is 9.67. The molecule has 48 heavy (non-hydrogen) atoms. The molecule has 0 saturated heterocycles. The molecule has 2 aliphatic rings. The van der Waals surface area contributed by atoms with E-state index in [1.54, 1.807) is 0 Å². The van der Waals surface area contributed by atoms with E-state index in [4.69, 9.17) is 9.97 Å². The normalized spacial score (nSPS) is 13.5. The molecule has 1 aromatic heterocycles. The highest BCUT2D eigenvalue weighted by atomic mass is 32.2. The lowest BCUT2D eigenvalue weighted by Crippen LogP contribution is -2.32. The maximum absolute atomic E-state index is 5.26. The Morgan fingerprint density at radius 3 is 1.81 bits per heavy atom. The summed E-state index contributed by atoms with van der Waals surface area (Å²) in [6.45, 7) is 0. The van der Waals surface area contributed by atoms with Gasteiger partial charge >= 0.3 is 0 Å². The third kappa shape index (κ3) is 3.95. The van der Waals surface area contributed by atoms with Crippen LogP contribution in [-0.2, 0) is 5.41 Å². The van der Waals surface area contributed by atoms with Gasteiger partial charge in [0, 0.05) is 26.5 Å². The van der Waals surface area contributed by atoms with Crippen molar-refractivity contribution in [3.05, 3.63) is 192 Å². The number of fused-ring (bicyclic) bond motifs is 10. The second-order valence-corrected chi connectivity index (χ2v) is 13.6. The SMILES string of the molecule is c1ccc(-c2nc(-c3ccc4c(c3)C3(c5ccccc5S4)c4ccccc4-c4ccccc43)cc(-c3cccc4ccccc34)n2)cc1. The van der Waals surface area contributed by atoms with Gasteiger partial charge in [-0.1, -0.05) is 157 Å².